The number of amides is 3. The zero-order valence-electron chi connectivity index (χ0n) is 18.8. The van der Waals surface area contributed by atoms with Crippen molar-refractivity contribution in [3.8, 4) is 11.5 Å². The number of carbonyl (C=O) groups is 2. The maximum Gasteiger partial charge on any atom is 0.319 e. The molecular weight excluding hydrogens is 422 g/mol. The number of urea groups is 1. The fourth-order valence-electron chi connectivity index (χ4n) is 3.96. The zero-order valence-corrected chi connectivity index (χ0v) is 18.8. The molecule has 33 heavy (non-hydrogen) atoms. The first-order chi connectivity index (χ1) is 15.9. The molecule has 1 aliphatic heterocycles. The summed E-state index contributed by atoms with van der Waals surface area (Å²) in [5, 5.41) is 10.6. The third-order valence-electron chi connectivity index (χ3n) is 5.56. The number of rotatable bonds is 6. The Morgan fingerprint density at radius 3 is 2.61 bits per heavy atom. The number of H-pyrrole nitrogens is 1. The van der Waals surface area contributed by atoms with Crippen LogP contribution in [0, 0.1) is 6.92 Å². The molecule has 2 heterocycles. The Balaban J connectivity index is 1.61. The van der Waals surface area contributed by atoms with Crippen molar-refractivity contribution in [1.82, 2.24) is 21.0 Å². The first-order valence-corrected chi connectivity index (χ1v) is 10.3. The van der Waals surface area contributed by atoms with Crippen LogP contribution in [0.4, 0.5) is 4.79 Å². The highest BCUT2D eigenvalue weighted by atomic mass is 16.5. The van der Waals surface area contributed by atoms with E-state index in [0.29, 0.717) is 28.3 Å². The van der Waals surface area contributed by atoms with Gasteiger partial charge in [-0.25, -0.2) is 10.2 Å². The first kappa shape index (κ1) is 21.9. The smallest absolute Gasteiger partial charge is 0.319 e. The monoisotopic (exact) mass is 447 g/mol. The molecular formula is C24H25N5O4. The highest BCUT2D eigenvalue weighted by Crippen LogP contribution is 2.34. The van der Waals surface area contributed by atoms with Crippen molar-refractivity contribution >= 4 is 29.1 Å². The lowest BCUT2D eigenvalue weighted by Crippen LogP contribution is -2.46. The van der Waals surface area contributed by atoms with Crippen molar-refractivity contribution in [3.63, 3.8) is 0 Å². The van der Waals surface area contributed by atoms with Crippen molar-refractivity contribution in [1.29, 1.82) is 0 Å². The fraction of sp³-hybridized carbons (Fsp3) is 0.208. The van der Waals surface area contributed by atoms with Gasteiger partial charge in [-0.15, -0.1) is 0 Å². The van der Waals surface area contributed by atoms with Gasteiger partial charge in [-0.05, 0) is 37.6 Å². The van der Waals surface area contributed by atoms with E-state index >= 15 is 0 Å². The predicted octanol–water partition coefficient (Wildman–Crippen LogP) is 3.27. The summed E-state index contributed by atoms with van der Waals surface area (Å²) in [6.07, 6.45) is 1.61. The van der Waals surface area contributed by atoms with Gasteiger partial charge < -0.3 is 25.1 Å². The van der Waals surface area contributed by atoms with E-state index in [1.165, 1.54) is 7.11 Å². The Bertz CT molecular complexity index is 1290. The van der Waals surface area contributed by atoms with Crippen LogP contribution in [0.3, 0.4) is 0 Å². The number of hydrogen-bond donors (Lipinski definition) is 4. The molecule has 0 aliphatic carbocycles. The number of fused-ring (bicyclic) bond motifs is 1. The average molecular weight is 447 g/mol. The quantitative estimate of drug-likeness (QED) is 0.343. The molecule has 9 nitrogen and oxygen atoms in total. The standard InChI is InChI=1S/C24H25N5O4/c1-13-17(16-7-5-6-8-18(16)26-13)12-25-29-23(30)21-14(2)27-24(31)28-22(21)15-9-10-19(32-3)20(11-15)33-4/h5-12,22,26H,1-4H3,(H,29,30)(H2,27,28,31)/t22-/m0/s1. The van der Waals surface area contributed by atoms with Crippen LogP contribution in [-0.2, 0) is 4.79 Å². The van der Waals surface area contributed by atoms with E-state index in [2.05, 4.69) is 26.1 Å². The molecule has 0 fully saturated rings. The van der Waals surface area contributed by atoms with Crippen molar-refractivity contribution in [2.45, 2.75) is 19.9 Å². The molecule has 0 spiro atoms. The number of nitrogens with zero attached hydrogens (tertiary/aromatic N) is 1. The van der Waals surface area contributed by atoms with E-state index in [9.17, 15) is 9.59 Å². The molecule has 0 saturated heterocycles. The molecule has 0 unspecified atom stereocenters. The van der Waals surface area contributed by atoms with Gasteiger partial charge in [-0.2, -0.15) is 5.10 Å². The maximum atomic E-state index is 13.1. The molecule has 170 valence electrons. The van der Waals surface area contributed by atoms with Crippen molar-refractivity contribution in [2.75, 3.05) is 14.2 Å². The van der Waals surface area contributed by atoms with Gasteiger partial charge in [-0.3, -0.25) is 4.79 Å². The number of hydrazone groups is 1. The number of benzene rings is 2. The highest BCUT2D eigenvalue weighted by molar-refractivity contribution is 6.02. The van der Waals surface area contributed by atoms with Crippen LogP contribution in [0.1, 0.15) is 29.8 Å². The Labute approximate surface area is 190 Å². The second kappa shape index (κ2) is 9.07. The molecule has 4 N–H and O–H groups in total. The summed E-state index contributed by atoms with van der Waals surface area (Å²) in [6.45, 7) is 3.62. The van der Waals surface area contributed by atoms with Gasteiger partial charge >= 0.3 is 6.03 Å². The van der Waals surface area contributed by atoms with Gasteiger partial charge in [0.2, 0.25) is 0 Å². The largest absolute Gasteiger partial charge is 0.493 e. The van der Waals surface area contributed by atoms with Crippen LogP contribution in [0.5, 0.6) is 11.5 Å². The topological polar surface area (TPSA) is 117 Å². The third kappa shape index (κ3) is 4.25. The molecule has 0 radical (unpaired) electrons. The number of nitrogens with one attached hydrogen (secondary N) is 4. The maximum absolute atomic E-state index is 13.1. The molecule has 3 aromatic rings. The SMILES string of the molecule is COc1ccc([C@@H]2NC(=O)NC(C)=C2C(=O)NN=Cc2c(C)[nH]c3ccccc23)cc1OC. The summed E-state index contributed by atoms with van der Waals surface area (Å²) in [7, 11) is 3.07. The number of hydrogen-bond acceptors (Lipinski definition) is 5. The Kier molecular flexibility index (Phi) is 6.03. The van der Waals surface area contributed by atoms with Crippen molar-refractivity contribution in [3.05, 3.63) is 70.6 Å². The first-order valence-electron chi connectivity index (χ1n) is 10.3. The summed E-state index contributed by atoms with van der Waals surface area (Å²) in [5.74, 6) is 0.605. The summed E-state index contributed by atoms with van der Waals surface area (Å²) in [6, 6.07) is 12.0. The van der Waals surface area contributed by atoms with E-state index in [1.807, 2.05) is 31.2 Å². The van der Waals surface area contributed by atoms with E-state index in [1.54, 1.807) is 38.4 Å². The van der Waals surface area contributed by atoms with E-state index in [4.69, 9.17) is 9.47 Å². The van der Waals surface area contributed by atoms with Crippen LogP contribution in [-0.4, -0.2) is 37.4 Å². The Hall–Kier alpha value is -4.27. The predicted molar refractivity (Wildman–Crippen MR) is 125 cm³/mol. The normalized spacial score (nSPS) is 16.0. The summed E-state index contributed by atoms with van der Waals surface area (Å²) < 4.78 is 10.7. The minimum Gasteiger partial charge on any atom is -0.493 e. The summed E-state index contributed by atoms with van der Waals surface area (Å²) >= 11 is 0. The van der Waals surface area contributed by atoms with Crippen LogP contribution in [0.25, 0.3) is 10.9 Å². The number of ether oxygens (including phenoxy) is 2. The van der Waals surface area contributed by atoms with E-state index in [-0.39, 0.29) is 0 Å². The molecule has 1 aromatic heterocycles. The average Bonchev–Trinajstić information content (AvgIpc) is 3.13. The summed E-state index contributed by atoms with van der Waals surface area (Å²) in [5.41, 5.74) is 6.87. The number of allylic oxidation sites excluding steroid dienone is 1. The Morgan fingerprint density at radius 1 is 1.09 bits per heavy atom. The van der Waals surface area contributed by atoms with Gasteiger partial charge in [0.05, 0.1) is 32.0 Å². The van der Waals surface area contributed by atoms with Crippen LogP contribution in [0.15, 0.2) is 58.8 Å². The number of aromatic amines is 1. The summed E-state index contributed by atoms with van der Waals surface area (Å²) in [4.78, 5) is 28.6. The van der Waals surface area contributed by atoms with Gasteiger partial charge in [0.15, 0.2) is 11.5 Å². The number of aromatic nitrogens is 1. The van der Waals surface area contributed by atoms with Crippen LogP contribution >= 0.6 is 0 Å². The van der Waals surface area contributed by atoms with E-state index in [0.717, 1.165) is 22.2 Å². The minimum atomic E-state index is -0.691. The molecule has 3 amide bonds. The lowest BCUT2D eigenvalue weighted by atomic mass is 9.94. The molecule has 0 saturated carbocycles. The fourth-order valence-corrected chi connectivity index (χ4v) is 3.96. The second-order valence-electron chi connectivity index (χ2n) is 7.59. The van der Waals surface area contributed by atoms with Crippen molar-refractivity contribution < 1.29 is 19.1 Å². The number of carbonyl (C=O) groups excluding carboxylic acids is 2. The highest BCUT2D eigenvalue weighted by Gasteiger charge is 2.31. The molecule has 0 bridgehead atoms. The van der Waals surface area contributed by atoms with Gasteiger partial charge in [0.25, 0.3) is 5.91 Å². The molecule has 9 heteroatoms. The Morgan fingerprint density at radius 2 is 1.85 bits per heavy atom. The second-order valence-corrected chi connectivity index (χ2v) is 7.59. The lowest BCUT2D eigenvalue weighted by molar-refractivity contribution is -0.117. The molecule has 2 aromatic carbocycles. The van der Waals surface area contributed by atoms with Gasteiger partial charge in [0.1, 0.15) is 0 Å². The van der Waals surface area contributed by atoms with E-state index < -0.39 is 18.0 Å². The lowest BCUT2D eigenvalue weighted by Gasteiger charge is -2.28. The zero-order chi connectivity index (χ0) is 23.5. The van der Waals surface area contributed by atoms with Gasteiger partial charge in [-0.1, -0.05) is 24.3 Å². The molecule has 1 aliphatic rings. The third-order valence-corrected chi connectivity index (χ3v) is 5.56. The minimum absolute atomic E-state index is 0.342. The molecule has 4 rings (SSSR count). The van der Waals surface area contributed by atoms with Crippen molar-refractivity contribution in [2.24, 2.45) is 5.10 Å². The number of aryl methyl sites for hydroxylation is 1. The van der Waals surface area contributed by atoms with Crippen LogP contribution < -0.4 is 25.5 Å². The number of methoxy groups -OCH3 is 2. The van der Waals surface area contributed by atoms with Gasteiger partial charge in [0, 0.05) is 27.9 Å². The van der Waals surface area contributed by atoms with Crippen LogP contribution in [0.2, 0.25) is 0 Å². The number of para-hydroxylation sites is 1. The molecule has 1 atom stereocenters.